The van der Waals surface area contributed by atoms with Gasteiger partial charge in [-0.05, 0) is 42.5 Å². The van der Waals surface area contributed by atoms with E-state index in [1.54, 1.807) is 0 Å². The van der Waals surface area contributed by atoms with Gasteiger partial charge in [0.25, 0.3) is 0 Å². The van der Waals surface area contributed by atoms with Crippen molar-refractivity contribution < 1.29 is 0 Å². The van der Waals surface area contributed by atoms with Crippen LogP contribution in [0.3, 0.4) is 0 Å². The van der Waals surface area contributed by atoms with Crippen molar-refractivity contribution in [3.8, 4) is 0 Å². The first-order chi connectivity index (χ1) is 9.70. The number of rotatable bonds is 7. The second kappa shape index (κ2) is 7.60. The highest BCUT2D eigenvalue weighted by Crippen LogP contribution is 2.28. The van der Waals surface area contributed by atoms with Crippen LogP contribution in [0.4, 0.5) is 0 Å². The summed E-state index contributed by atoms with van der Waals surface area (Å²) < 4.78 is 3.07. The summed E-state index contributed by atoms with van der Waals surface area (Å²) in [4.78, 5) is 0. The van der Waals surface area contributed by atoms with E-state index in [2.05, 4.69) is 63.7 Å². The van der Waals surface area contributed by atoms with Gasteiger partial charge in [-0.15, -0.1) is 0 Å². The number of halogens is 1. The molecule has 20 heavy (non-hydrogen) atoms. The van der Waals surface area contributed by atoms with Crippen molar-refractivity contribution in [3.05, 3.63) is 52.3 Å². The lowest BCUT2D eigenvalue weighted by atomic mass is 9.93. The van der Waals surface area contributed by atoms with Crippen molar-refractivity contribution in [1.82, 2.24) is 15.1 Å². The molecule has 1 aromatic carbocycles. The van der Waals surface area contributed by atoms with Crippen LogP contribution >= 0.6 is 15.9 Å². The summed E-state index contributed by atoms with van der Waals surface area (Å²) in [6.45, 7) is 4.17. The number of nitrogens with zero attached hydrogens (tertiary/aromatic N) is 2. The second-order valence-corrected chi connectivity index (χ2v) is 5.94. The Morgan fingerprint density at radius 1 is 1.35 bits per heavy atom. The smallest absolute Gasteiger partial charge is 0.0521 e. The summed E-state index contributed by atoms with van der Waals surface area (Å²) in [5.74, 6) is 0.519. The van der Waals surface area contributed by atoms with Crippen LogP contribution in [-0.4, -0.2) is 22.9 Å². The number of benzene rings is 1. The number of hydrogen-bond donors (Lipinski definition) is 1. The topological polar surface area (TPSA) is 29.9 Å². The third kappa shape index (κ3) is 4.18. The third-order valence-electron chi connectivity index (χ3n) is 3.53. The number of aromatic nitrogens is 2. The van der Waals surface area contributed by atoms with Gasteiger partial charge in [-0.3, -0.25) is 4.68 Å². The largest absolute Gasteiger partial charge is 0.316 e. The summed E-state index contributed by atoms with van der Waals surface area (Å²) in [6, 6.07) is 8.52. The minimum atomic E-state index is 0.519. The van der Waals surface area contributed by atoms with Crippen LogP contribution in [0.15, 0.2) is 41.1 Å². The van der Waals surface area contributed by atoms with Crippen molar-refractivity contribution in [1.29, 1.82) is 0 Å². The van der Waals surface area contributed by atoms with E-state index in [0.717, 1.165) is 25.9 Å². The van der Waals surface area contributed by atoms with Crippen LogP contribution in [0.25, 0.3) is 0 Å². The molecule has 1 aromatic heterocycles. The fraction of sp³-hybridized carbons (Fsp3) is 0.438. The fourth-order valence-corrected chi connectivity index (χ4v) is 3.04. The van der Waals surface area contributed by atoms with Crippen molar-refractivity contribution in [3.63, 3.8) is 0 Å². The summed E-state index contributed by atoms with van der Waals surface area (Å²) in [5, 5.41) is 7.71. The molecule has 2 rings (SSSR count). The van der Waals surface area contributed by atoms with Crippen LogP contribution in [0.1, 0.15) is 30.4 Å². The molecular weight excluding hydrogens is 314 g/mol. The Labute approximate surface area is 129 Å². The molecule has 108 valence electrons. The zero-order chi connectivity index (χ0) is 14.4. The summed E-state index contributed by atoms with van der Waals surface area (Å²) in [5.41, 5.74) is 2.69. The maximum atomic E-state index is 4.24. The Morgan fingerprint density at radius 2 is 2.15 bits per heavy atom. The van der Waals surface area contributed by atoms with E-state index >= 15 is 0 Å². The normalized spacial score (nSPS) is 12.6. The van der Waals surface area contributed by atoms with E-state index < -0.39 is 0 Å². The number of nitrogens with one attached hydrogen (secondary N) is 1. The van der Waals surface area contributed by atoms with Gasteiger partial charge in [0.1, 0.15) is 0 Å². The molecule has 2 aromatic rings. The Kier molecular flexibility index (Phi) is 5.80. The van der Waals surface area contributed by atoms with Crippen LogP contribution in [0.5, 0.6) is 0 Å². The Morgan fingerprint density at radius 3 is 2.80 bits per heavy atom. The average Bonchev–Trinajstić information content (AvgIpc) is 2.86. The maximum absolute atomic E-state index is 4.24. The minimum absolute atomic E-state index is 0.519. The van der Waals surface area contributed by atoms with Crippen LogP contribution < -0.4 is 5.32 Å². The molecule has 0 spiro atoms. The third-order valence-corrected chi connectivity index (χ3v) is 4.25. The van der Waals surface area contributed by atoms with Gasteiger partial charge in [0.2, 0.25) is 0 Å². The van der Waals surface area contributed by atoms with Crippen LogP contribution in [0, 0.1) is 0 Å². The Bertz CT molecular complexity index is 536. The lowest BCUT2D eigenvalue weighted by Gasteiger charge is -2.19. The minimum Gasteiger partial charge on any atom is -0.316 e. The van der Waals surface area contributed by atoms with Crippen molar-refractivity contribution in [2.24, 2.45) is 7.05 Å². The SMILES string of the molecule is CCNCC(CCc1cnn(C)c1)c1ccccc1Br. The summed E-state index contributed by atoms with van der Waals surface area (Å²) >= 11 is 3.67. The van der Waals surface area contributed by atoms with Gasteiger partial charge in [-0.25, -0.2) is 0 Å². The molecule has 1 atom stereocenters. The van der Waals surface area contributed by atoms with Gasteiger partial charge in [-0.1, -0.05) is 41.1 Å². The average molecular weight is 336 g/mol. The fourth-order valence-electron chi connectivity index (χ4n) is 2.43. The lowest BCUT2D eigenvalue weighted by Crippen LogP contribution is -2.22. The van der Waals surface area contributed by atoms with Crippen molar-refractivity contribution >= 4 is 15.9 Å². The molecule has 0 aliphatic rings. The van der Waals surface area contributed by atoms with Gasteiger partial charge in [-0.2, -0.15) is 5.10 Å². The Balaban J connectivity index is 2.05. The first kappa shape index (κ1) is 15.3. The molecule has 3 nitrogen and oxygen atoms in total. The molecule has 1 heterocycles. The molecule has 1 N–H and O–H groups in total. The highest BCUT2D eigenvalue weighted by molar-refractivity contribution is 9.10. The van der Waals surface area contributed by atoms with Crippen molar-refractivity contribution in [2.45, 2.75) is 25.7 Å². The standard InChI is InChI=1S/C16H22BrN3/c1-3-18-11-14(15-6-4-5-7-16(15)17)9-8-13-10-19-20(2)12-13/h4-7,10,12,14,18H,3,8-9,11H2,1-2H3. The van der Waals surface area contributed by atoms with E-state index in [9.17, 15) is 0 Å². The van der Waals surface area contributed by atoms with Gasteiger partial charge >= 0.3 is 0 Å². The van der Waals surface area contributed by atoms with Gasteiger partial charge in [0, 0.05) is 24.3 Å². The van der Waals surface area contributed by atoms with E-state index in [4.69, 9.17) is 0 Å². The van der Waals surface area contributed by atoms with E-state index in [1.807, 2.05) is 17.9 Å². The molecular formula is C16H22BrN3. The van der Waals surface area contributed by atoms with E-state index in [-0.39, 0.29) is 0 Å². The number of aryl methyl sites for hydroxylation is 2. The summed E-state index contributed by atoms with van der Waals surface area (Å²) in [6.07, 6.45) is 6.25. The zero-order valence-electron chi connectivity index (χ0n) is 12.1. The predicted octanol–water partition coefficient (Wildman–Crippen LogP) is 3.51. The molecule has 0 bridgehead atoms. The monoisotopic (exact) mass is 335 g/mol. The summed E-state index contributed by atoms with van der Waals surface area (Å²) in [7, 11) is 1.97. The second-order valence-electron chi connectivity index (χ2n) is 5.09. The predicted molar refractivity (Wildman–Crippen MR) is 87.0 cm³/mol. The first-order valence-electron chi connectivity index (χ1n) is 7.13. The number of hydrogen-bond acceptors (Lipinski definition) is 2. The zero-order valence-corrected chi connectivity index (χ0v) is 13.7. The lowest BCUT2D eigenvalue weighted by molar-refractivity contribution is 0.560. The maximum Gasteiger partial charge on any atom is 0.0521 e. The molecule has 0 amide bonds. The molecule has 0 saturated carbocycles. The first-order valence-corrected chi connectivity index (χ1v) is 7.92. The van der Waals surface area contributed by atoms with Gasteiger partial charge < -0.3 is 5.32 Å². The number of likely N-dealkylation sites (N-methyl/N-ethyl adjacent to an activating group) is 1. The highest BCUT2D eigenvalue weighted by Gasteiger charge is 2.14. The molecule has 4 heteroatoms. The van der Waals surface area contributed by atoms with Crippen LogP contribution in [0.2, 0.25) is 0 Å². The Hall–Kier alpha value is -1.13. The molecule has 0 aliphatic heterocycles. The van der Waals surface area contributed by atoms with Gasteiger partial charge in [0.05, 0.1) is 6.20 Å². The van der Waals surface area contributed by atoms with E-state index in [0.29, 0.717) is 5.92 Å². The molecule has 0 aliphatic carbocycles. The molecule has 0 radical (unpaired) electrons. The highest BCUT2D eigenvalue weighted by atomic mass is 79.9. The quantitative estimate of drug-likeness (QED) is 0.839. The molecule has 0 fully saturated rings. The van der Waals surface area contributed by atoms with Crippen molar-refractivity contribution in [2.75, 3.05) is 13.1 Å². The molecule has 1 unspecified atom stereocenters. The van der Waals surface area contributed by atoms with Gasteiger partial charge in [0.15, 0.2) is 0 Å². The molecule has 0 saturated heterocycles. The van der Waals surface area contributed by atoms with E-state index in [1.165, 1.54) is 15.6 Å². The van der Waals surface area contributed by atoms with Crippen LogP contribution in [-0.2, 0) is 13.5 Å².